The molecule has 29 heavy (non-hydrogen) atoms. The van der Waals surface area contributed by atoms with Gasteiger partial charge in [0.2, 0.25) is 0 Å². The number of rotatable bonds is 5. The van der Waals surface area contributed by atoms with E-state index in [0.29, 0.717) is 18.5 Å². The SMILES string of the molecule is C[C@@H]1CC(c2ccc(C(F)(F)F)c([N+](=O)[O-])c2N)=C[C@H](NCc2ccccc2)C1. The van der Waals surface area contributed by atoms with Gasteiger partial charge in [-0.25, -0.2) is 0 Å². The zero-order valence-corrected chi connectivity index (χ0v) is 15.9. The Hall–Kier alpha value is -2.87. The van der Waals surface area contributed by atoms with Gasteiger partial charge < -0.3 is 11.1 Å². The first-order chi connectivity index (χ1) is 13.7. The summed E-state index contributed by atoms with van der Waals surface area (Å²) in [6.07, 6.45) is -1.47. The number of nitrogen functional groups attached to an aromatic ring is 1. The minimum absolute atomic E-state index is 0.00490. The van der Waals surface area contributed by atoms with Gasteiger partial charge in [0.15, 0.2) is 0 Å². The van der Waals surface area contributed by atoms with Gasteiger partial charge in [-0.2, -0.15) is 13.2 Å². The Balaban J connectivity index is 1.92. The van der Waals surface area contributed by atoms with Crippen molar-refractivity contribution in [1.29, 1.82) is 0 Å². The molecule has 0 amide bonds. The van der Waals surface area contributed by atoms with E-state index in [0.717, 1.165) is 23.6 Å². The van der Waals surface area contributed by atoms with Crippen LogP contribution in [-0.2, 0) is 12.7 Å². The smallest absolute Gasteiger partial charge is 0.393 e. The molecule has 0 heterocycles. The number of alkyl halides is 3. The van der Waals surface area contributed by atoms with Gasteiger partial charge in [-0.3, -0.25) is 10.1 Å². The largest absolute Gasteiger partial charge is 0.423 e. The molecule has 1 aliphatic rings. The molecule has 0 aromatic heterocycles. The van der Waals surface area contributed by atoms with Crippen LogP contribution in [0.4, 0.5) is 24.5 Å². The average Bonchev–Trinajstić information content (AvgIpc) is 2.65. The van der Waals surface area contributed by atoms with E-state index in [4.69, 9.17) is 5.73 Å². The second-order valence-corrected chi connectivity index (χ2v) is 7.39. The number of nitrogens with one attached hydrogen (secondary N) is 1. The second kappa shape index (κ2) is 8.24. The van der Waals surface area contributed by atoms with Gasteiger partial charge in [-0.05, 0) is 36.0 Å². The van der Waals surface area contributed by atoms with Crippen LogP contribution in [0.3, 0.4) is 0 Å². The van der Waals surface area contributed by atoms with E-state index in [-0.39, 0.29) is 12.0 Å². The minimum atomic E-state index is -4.84. The second-order valence-electron chi connectivity index (χ2n) is 7.39. The highest BCUT2D eigenvalue weighted by molar-refractivity contribution is 5.82. The summed E-state index contributed by atoms with van der Waals surface area (Å²) in [5, 5.41) is 14.7. The lowest BCUT2D eigenvalue weighted by Crippen LogP contribution is -2.31. The Bertz CT molecular complexity index is 927. The maximum Gasteiger partial charge on any atom is 0.423 e. The zero-order chi connectivity index (χ0) is 21.2. The third-order valence-corrected chi connectivity index (χ3v) is 5.09. The molecule has 0 spiro atoms. The van der Waals surface area contributed by atoms with E-state index in [9.17, 15) is 23.3 Å². The molecule has 0 radical (unpaired) electrons. The predicted molar refractivity (Wildman–Crippen MR) is 106 cm³/mol. The Morgan fingerprint density at radius 3 is 2.52 bits per heavy atom. The molecule has 2 atom stereocenters. The first-order valence-corrected chi connectivity index (χ1v) is 9.29. The van der Waals surface area contributed by atoms with Crippen LogP contribution in [0.5, 0.6) is 0 Å². The summed E-state index contributed by atoms with van der Waals surface area (Å²) in [5.74, 6) is 0.254. The van der Waals surface area contributed by atoms with Gasteiger partial charge in [-0.15, -0.1) is 0 Å². The van der Waals surface area contributed by atoms with Crippen LogP contribution in [0.25, 0.3) is 5.57 Å². The van der Waals surface area contributed by atoms with Crippen molar-refractivity contribution >= 4 is 16.9 Å². The molecule has 1 aliphatic carbocycles. The molecule has 3 rings (SSSR count). The Kier molecular flexibility index (Phi) is 5.93. The van der Waals surface area contributed by atoms with Crippen LogP contribution < -0.4 is 11.1 Å². The Labute approximate surface area is 166 Å². The lowest BCUT2D eigenvalue weighted by molar-refractivity contribution is -0.387. The third kappa shape index (κ3) is 4.76. The number of nitrogens with two attached hydrogens (primary N) is 1. The number of allylic oxidation sites excluding steroid dienone is 1. The quantitative estimate of drug-likeness (QED) is 0.409. The van der Waals surface area contributed by atoms with E-state index < -0.39 is 28.0 Å². The number of halogens is 3. The number of benzene rings is 2. The monoisotopic (exact) mass is 405 g/mol. The number of hydrogen-bond acceptors (Lipinski definition) is 4. The first kappa shape index (κ1) is 20.9. The molecule has 2 aromatic carbocycles. The van der Waals surface area contributed by atoms with Crippen molar-refractivity contribution in [3.63, 3.8) is 0 Å². The zero-order valence-electron chi connectivity index (χ0n) is 15.9. The van der Waals surface area contributed by atoms with Crippen LogP contribution in [-0.4, -0.2) is 11.0 Å². The van der Waals surface area contributed by atoms with Gasteiger partial charge in [0.05, 0.1) is 4.92 Å². The number of nitro benzene ring substituents is 1. The van der Waals surface area contributed by atoms with Crippen molar-refractivity contribution in [2.24, 2.45) is 5.92 Å². The predicted octanol–water partition coefficient (Wildman–Crippen LogP) is 5.17. The molecule has 5 nitrogen and oxygen atoms in total. The summed E-state index contributed by atoms with van der Waals surface area (Å²) < 4.78 is 39.5. The summed E-state index contributed by atoms with van der Waals surface area (Å²) in [7, 11) is 0. The first-order valence-electron chi connectivity index (χ1n) is 9.29. The Morgan fingerprint density at radius 2 is 1.90 bits per heavy atom. The highest BCUT2D eigenvalue weighted by atomic mass is 19.4. The fourth-order valence-corrected chi connectivity index (χ4v) is 3.77. The summed E-state index contributed by atoms with van der Waals surface area (Å²) in [6.45, 7) is 2.68. The van der Waals surface area contributed by atoms with Crippen molar-refractivity contribution < 1.29 is 18.1 Å². The minimum Gasteiger partial charge on any atom is -0.393 e. The molecule has 0 aliphatic heterocycles. The number of nitrogens with zero attached hydrogens (tertiary/aromatic N) is 1. The normalized spacial score (nSPS) is 19.7. The standard InChI is InChI=1S/C21H22F3N3O2/c1-13-9-15(11-16(10-13)26-12-14-5-3-2-4-6-14)17-7-8-18(21(22,23)24)20(19(17)25)27(28)29/h2-8,11,13,16,26H,9-10,12,25H2,1H3/t13-,16-/m1/s1. The summed E-state index contributed by atoms with van der Waals surface area (Å²) in [4.78, 5) is 10.3. The van der Waals surface area contributed by atoms with Crippen LogP contribution in [0, 0.1) is 16.0 Å². The van der Waals surface area contributed by atoms with Gasteiger partial charge in [-0.1, -0.05) is 49.4 Å². The molecular weight excluding hydrogens is 383 g/mol. The van der Waals surface area contributed by atoms with Gasteiger partial charge in [0.1, 0.15) is 11.3 Å². The maximum atomic E-state index is 13.2. The van der Waals surface area contributed by atoms with E-state index in [1.807, 2.05) is 43.3 Å². The average molecular weight is 405 g/mol. The van der Waals surface area contributed by atoms with Crippen LogP contribution >= 0.6 is 0 Å². The van der Waals surface area contributed by atoms with Crippen molar-refractivity contribution in [2.75, 3.05) is 5.73 Å². The van der Waals surface area contributed by atoms with Crippen molar-refractivity contribution in [2.45, 2.75) is 38.5 Å². The van der Waals surface area contributed by atoms with E-state index in [2.05, 4.69) is 5.32 Å². The Morgan fingerprint density at radius 1 is 1.21 bits per heavy atom. The molecule has 3 N–H and O–H groups in total. The van der Waals surface area contributed by atoms with Crippen LogP contribution in [0.15, 0.2) is 48.5 Å². The molecular formula is C21H22F3N3O2. The molecule has 2 aromatic rings. The van der Waals surface area contributed by atoms with Crippen molar-refractivity contribution in [3.8, 4) is 0 Å². The lowest BCUT2D eigenvalue weighted by Gasteiger charge is -2.28. The lowest BCUT2D eigenvalue weighted by atomic mass is 9.83. The van der Waals surface area contributed by atoms with E-state index >= 15 is 0 Å². The van der Waals surface area contributed by atoms with Crippen LogP contribution in [0.2, 0.25) is 0 Å². The van der Waals surface area contributed by atoms with E-state index in [1.54, 1.807) is 0 Å². The molecule has 0 saturated heterocycles. The third-order valence-electron chi connectivity index (χ3n) is 5.09. The fraction of sp³-hybridized carbons (Fsp3) is 0.333. The molecule has 0 unspecified atom stereocenters. The highest BCUT2D eigenvalue weighted by Gasteiger charge is 2.40. The molecule has 0 saturated carbocycles. The fourth-order valence-electron chi connectivity index (χ4n) is 3.77. The maximum absolute atomic E-state index is 13.2. The number of hydrogen-bond donors (Lipinski definition) is 2. The van der Waals surface area contributed by atoms with Crippen molar-refractivity contribution in [3.05, 3.63) is 75.3 Å². The highest BCUT2D eigenvalue weighted by Crippen LogP contribution is 2.43. The number of nitro groups is 1. The van der Waals surface area contributed by atoms with Gasteiger partial charge in [0, 0.05) is 18.2 Å². The summed E-state index contributed by atoms with van der Waals surface area (Å²) in [5.41, 5.74) is 5.16. The van der Waals surface area contributed by atoms with Gasteiger partial charge in [0.25, 0.3) is 0 Å². The number of anilines is 1. The van der Waals surface area contributed by atoms with Crippen molar-refractivity contribution in [1.82, 2.24) is 5.32 Å². The van der Waals surface area contributed by atoms with Crippen LogP contribution in [0.1, 0.15) is 36.5 Å². The van der Waals surface area contributed by atoms with E-state index in [1.165, 1.54) is 6.07 Å². The molecule has 8 heteroatoms. The molecule has 0 bridgehead atoms. The molecule has 154 valence electrons. The summed E-state index contributed by atoms with van der Waals surface area (Å²) in [6, 6.07) is 11.8. The topological polar surface area (TPSA) is 81.2 Å². The van der Waals surface area contributed by atoms with Gasteiger partial charge >= 0.3 is 11.9 Å². The molecule has 0 fully saturated rings. The summed E-state index contributed by atoms with van der Waals surface area (Å²) >= 11 is 0.